The highest BCUT2D eigenvalue weighted by Gasteiger charge is 2.23. The van der Waals surface area contributed by atoms with Crippen molar-refractivity contribution in [3.63, 3.8) is 0 Å². The first-order valence-electron chi connectivity index (χ1n) is 10.0. The molecule has 5 nitrogen and oxygen atoms in total. The number of nitrogens with two attached hydrogens (primary N) is 1. The molecule has 0 saturated carbocycles. The van der Waals surface area contributed by atoms with Gasteiger partial charge in [-0.2, -0.15) is 9.61 Å². The first-order valence-corrected chi connectivity index (χ1v) is 10.0. The molecule has 1 aliphatic rings. The van der Waals surface area contributed by atoms with Crippen LogP contribution in [-0.4, -0.2) is 39.1 Å². The smallest absolute Gasteiger partial charge is 0.157 e. The van der Waals surface area contributed by atoms with E-state index in [4.69, 9.17) is 10.7 Å². The second kappa shape index (κ2) is 7.69. The minimum atomic E-state index is 0.496. The van der Waals surface area contributed by atoms with Crippen LogP contribution in [0.2, 0.25) is 0 Å². The summed E-state index contributed by atoms with van der Waals surface area (Å²) >= 11 is 0. The Morgan fingerprint density at radius 2 is 1.89 bits per heavy atom. The van der Waals surface area contributed by atoms with E-state index in [0.717, 1.165) is 43.0 Å². The second-order valence-corrected chi connectivity index (χ2v) is 7.88. The molecule has 4 rings (SSSR count). The van der Waals surface area contributed by atoms with Crippen LogP contribution < -0.4 is 5.73 Å². The maximum Gasteiger partial charge on any atom is 0.157 e. The average Bonchev–Trinajstić information content (AvgIpc) is 3.08. The molecular weight excluding hydrogens is 334 g/mol. The van der Waals surface area contributed by atoms with Crippen LogP contribution >= 0.6 is 0 Å². The van der Waals surface area contributed by atoms with Crippen molar-refractivity contribution < 1.29 is 0 Å². The molecular formula is C22H29N5. The fourth-order valence-corrected chi connectivity index (χ4v) is 4.12. The lowest BCUT2D eigenvalue weighted by molar-refractivity contribution is 0.205. The van der Waals surface area contributed by atoms with E-state index in [1.54, 1.807) is 4.52 Å². The Bertz CT molecular complexity index is 894. The van der Waals surface area contributed by atoms with Gasteiger partial charge in [-0.1, -0.05) is 37.3 Å². The second-order valence-electron chi connectivity index (χ2n) is 7.88. The van der Waals surface area contributed by atoms with Crippen LogP contribution in [0.1, 0.15) is 55.0 Å². The summed E-state index contributed by atoms with van der Waals surface area (Å²) in [7, 11) is 0. The molecule has 27 heavy (non-hydrogen) atoms. The Kier molecular flexibility index (Phi) is 5.12. The predicted molar refractivity (Wildman–Crippen MR) is 110 cm³/mol. The molecule has 0 spiro atoms. The highest BCUT2D eigenvalue weighted by molar-refractivity contribution is 5.48. The number of rotatable bonds is 5. The van der Waals surface area contributed by atoms with E-state index in [0.29, 0.717) is 17.7 Å². The van der Waals surface area contributed by atoms with Gasteiger partial charge in [0.05, 0.1) is 5.69 Å². The quantitative estimate of drug-likeness (QED) is 0.744. The topological polar surface area (TPSA) is 59.5 Å². The van der Waals surface area contributed by atoms with Gasteiger partial charge in [-0.25, -0.2) is 4.98 Å². The third kappa shape index (κ3) is 3.98. The van der Waals surface area contributed by atoms with Crippen LogP contribution in [0, 0.1) is 6.92 Å². The standard InChI is InChI=1S/C22H29N5/c1-16(18-6-4-3-5-7-18)8-11-26-12-9-19(10-13-26)20-15-21(23)27-22(24-20)14-17(2)25-27/h3-7,14-16,19H,8-13,23H2,1-2H3/t16-/m0/s1. The maximum absolute atomic E-state index is 6.19. The first kappa shape index (κ1) is 18.0. The van der Waals surface area contributed by atoms with Crippen LogP contribution in [-0.2, 0) is 0 Å². The van der Waals surface area contributed by atoms with Crippen LogP contribution in [0.15, 0.2) is 42.5 Å². The zero-order valence-electron chi connectivity index (χ0n) is 16.3. The number of benzene rings is 1. The zero-order valence-corrected chi connectivity index (χ0v) is 16.3. The van der Waals surface area contributed by atoms with Gasteiger partial charge in [-0.05, 0) is 57.3 Å². The summed E-state index contributed by atoms with van der Waals surface area (Å²) in [6, 6.07) is 14.8. The van der Waals surface area contributed by atoms with Crippen molar-refractivity contribution >= 4 is 11.5 Å². The molecule has 0 unspecified atom stereocenters. The van der Waals surface area contributed by atoms with Gasteiger partial charge in [-0.3, -0.25) is 0 Å². The summed E-state index contributed by atoms with van der Waals surface area (Å²) in [4.78, 5) is 7.42. The SMILES string of the molecule is Cc1cc2nc(C3CCN(CC[C@H](C)c4ccccc4)CC3)cc(N)n2n1. The molecule has 5 heteroatoms. The summed E-state index contributed by atoms with van der Waals surface area (Å²) in [6.45, 7) is 7.74. The normalized spacial score (nSPS) is 17.4. The first-order chi connectivity index (χ1) is 13.1. The minimum absolute atomic E-state index is 0.496. The fourth-order valence-electron chi connectivity index (χ4n) is 4.12. The molecule has 3 aromatic rings. The molecule has 3 heterocycles. The Hall–Kier alpha value is -2.40. The molecule has 1 aliphatic heterocycles. The largest absolute Gasteiger partial charge is 0.384 e. The molecule has 0 radical (unpaired) electrons. The number of aromatic nitrogens is 3. The molecule has 1 saturated heterocycles. The van der Waals surface area contributed by atoms with Crippen molar-refractivity contribution in [3.05, 3.63) is 59.4 Å². The van der Waals surface area contributed by atoms with Gasteiger partial charge >= 0.3 is 0 Å². The van der Waals surface area contributed by atoms with Crippen molar-refractivity contribution in [3.8, 4) is 0 Å². The van der Waals surface area contributed by atoms with Gasteiger partial charge in [0.15, 0.2) is 5.65 Å². The fraction of sp³-hybridized carbons (Fsp3) is 0.455. The number of anilines is 1. The van der Waals surface area contributed by atoms with Crippen LogP contribution in [0.4, 0.5) is 5.82 Å². The third-order valence-corrected chi connectivity index (χ3v) is 5.85. The van der Waals surface area contributed by atoms with E-state index in [2.05, 4.69) is 47.3 Å². The average molecular weight is 364 g/mol. The van der Waals surface area contributed by atoms with Gasteiger partial charge in [0.25, 0.3) is 0 Å². The summed E-state index contributed by atoms with van der Waals surface area (Å²) in [5.41, 5.74) is 10.6. The van der Waals surface area contributed by atoms with Gasteiger partial charge in [0.2, 0.25) is 0 Å². The Morgan fingerprint density at radius 3 is 2.63 bits per heavy atom. The molecule has 0 amide bonds. The molecule has 142 valence electrons. The number of fused-ring (bicyclic) bond motifs is 1. The van der Waals surface area contributed by atoms with E-state index in [-0.39, 0.29) is 0 Å². The number of nitrogens with zero attached hydrogens (tertiary/aromatic N) is 4. The zero-order chi connectivity index (χ0) is 18.8. The Labute approximate surface area is 161 Å². The number of likely N-dealkylation sites (tertiary alicyclic amines) is 1. The lowest BCUT2D eigenvalue weighted by atomic mass is 9.92. The summed E-state index contributed by atoms with van der Waals surface area (Å²) in [6.07, 6.45) is 3.51. The number of hydrogen-bond donors (Lipinski definition) is 1. The van der Waals surface area contributed by atoms with E-state index in [1.807, 2.05) is 19.1 Å². The number of piperidine rings is 1. The van der Waals surface area contributed by atoms with E-state index in [9.17, 15) is 0 Å². The molecule has 2 N–H and O–H groups in total. The highest BCUT2D eigenvalue weighted by atomic mass is 15.3. The maximum atomic E-state index is 6.19. The predicted octanol–water partition coefficient (Wildman–Crippen LogP) is 3.99. The Morgan fingerprint density at radius 1 is 1.15 bits per heavy atom. The van der Waals surface area contributed by atoms with Crippen LogP contribution in [0.25, 0.3) is 5.65 Å². The highest BCUT2D eigenvalue weighted by Crippen LogP contribution is 2.29. The minimum Gasteiger partial charge on any atom is -0.384 e. The third-order valence-electron chi connectivity index (χ3n) is 5.85. The Balaban J connectivity index is 1.34. The van der Waals surface area contributed by atoms with Gasteiger partial charge in [0, 0.05) is 23.7 Å². The van der Waals surface area contributed by atoms with Gasteiger partial charge in [0.1, 0.15) is 5.82 Å². The number of nitrogen functional groups attached to an aromatic ring is 1. The van der Waals surface area contributed by atoms with Gasteiger partial charge < -0.3 is 10.6 Å². The van der Waals surface area contributed by atoms with Crippen molar-refractivity contribution in [1.29, 1.82) is 0 Å². The number of aryl methyl sites for hydroxylation is 1. The van der Waals surface area contributed by atoms with Crippen molar-refractivity contribution in [2.24, 2.45) is 0 Å². The van der Waals surface area contributed by atoms with Crippen molar-refractivity contribution in [2.45, 2.75) is 44.9 Å². The lowest BCUT2D eigenvalue weighted by Gasteiger charge is -2.32. The molecule has 0 aliphatic carbocycles. The van der Waals surface area contributed by atoms with Crippen LogP contribution in [0.3, 0.4) is 0 Å². The summed E-state index contributed by atoms with van der Waals surface area (Å²) < 4.78 is 1.74. The monoisotopic (exact) mass is 363 g/mol. The van der Waals surface area contributed by atoms with Crippen molar-refractivity contribution in [2.75, 3.05) is 25.4 Å². The molecule has 2 aromatic heterocycles. The van der Waals surface area contributed by atoms with E-state index < -0.39 is 0 Å². The molecule has 1 aromatic carbocycles. The van der Waals surface area contributed by atoms with Gasteiger partial charge in [-0.15, -0.1) is 0 Å². The summed E-state index contributed by atoms with van der Waals surface area (Å²) in [5, 5.41) is 4.40. The molecule has 1 fully saturated rings. The summed E-state index contributed by atoms with van der Waals surface area (Å²) in [5.74, 6) is 1.79. The number of hydrogen-bond acceptors (Lipinski definition) is 4. The van der Waals surface area contributed by atoms with Crippen molar-refractivity contribution in [1.82, 2.24) is 19.5 Å². The van der Waals surface area contributed by atoms with Crippen LogP contribution in [0.5, 0.6) is 0 Å². The van der Waals surface area contributed by atoms with E-state index >= 15 is 0 Å². The molecule has 1 atom stereocenters. The molecule has 0 bridgehead atoms. The van der Waals surface area contributed by atoms with E-state index in [1.165, 1.54) is 18.5 Å². The lowest BCUT2D eigenvalue weighted by Crippen LogP contribution is -2.34.